The average Bonchev–Trinajstić information content (AvgIpc) is 2.62. The van der Waals surface area contributed by atoms with E-state index < -0.39 is 8.32 Å². The zero-order chi connectivity index (χ0) is 16.0. The number of hydrogen-bond acceptors (Lipinski definition) is 2. The lowest BCUT2D eigenvalue weighted by molar-refractivity contribution is 0.270. The summed E-state index contributed by atoms with van der Waals surface area (Å²) in [5.74, 6) is -0.295. The van der Waals surface area contributed by atoms with Crippen molar-refractivity contribution in [1.82, 2.24) is 9.38 Å². The first-order chi connectivity index (χ1) is 9.53. The van der Waals surface area contributed by atoms with E-state index in [1.807, 2.05) is 0 Å². The number of fused-ring (bicyclic) bond motifs is 1. The fraction of sp³-hybridized carbons (Fsp3) is 0.500. The molecule has 0 aromatic carbocycles. The summed E-state index contributed by atoms with van der Waals surface area (Å²) in [7, 11) is -1.85. The number of aromatic nitrogens is 2. The van der Waals surface area contributed by atoms with Gasteiger partial charge in [0.15, 0.2) is 14.0 Å². The molecule has 0 unspecified atom stereocenters. The third-order valence-electron chi connectivity index (χ3n) is 4.07. The molecule has 2 rings (SSSR count). The first kappa shape index (κ1) is 17.4. The van der Waals surface area contributed by atoms with Crippen LogP contribution in [0, 0.1) is 9.52 Å². The largest absolute Gasteiger partial charge is 0.411 e. The topological polar surface area (TPSA) is 26.5 Å². The normalized spacial score (nSPS) is 13.1. The summed E-state index contributed by atoms with van der Waals surface area (Å²) in [6, 6.07) is 1.43. The quantitative estimate of drug-likeness (QED) is 0.433. The molecule has 2 heterocycles. The molecule has 21 heavy (non-hydrogen) atoms. The van der Waals surface area contributed by atoms with Crippen molar-refractivity contribution in [3.63, 3.8) is 0 Å². The second-order valence-electron chi connectivity index (χ2n) is 6.60. The summed E-state index contributed by atoms with van der Waals surface area (Å²) >= 11 is 5.53. The molecular weight excluding hydrogens is 466 g/mol. The predicted molar refractivity (Wildman–Crippen MR) is 97.6 cm³/mol. The van der Waals surface area contributed by atoms with E-state index >= 15 is 0 Å². The van der Waals surface area contributed by atoms with Crippen molar-refractivity contribution in [1.29, 1.82) is 0 Å². The predicted octanol–water partition coefficient (Wildman–Crippen LogP) is 5.36. The molecule has 0 aliphatic heterocycles. The molecule has 0 saturated heterocycles. The Bertz CT molecular complexity index is 682. The van der Waals surface area contributed by atoms with E-state index in [4.69, 9.17) is 4.43 Å². The van der Waals surface area contributed by atoms with Gasteiger partial charge in [0.25, 0.3) is 0 Å². The van der Waals surface area contributed by atoms with Gasteiger partial charge in [-0.25, -0.2) is 9.37 Å². The standard InChI is InChI=1S/C14H19BrFIN2OSi/c1-14(2,3)21(4,5)20-8-11-12(17)18-13-10(15)6-9(16)7-19(11)13/h6-7H,8H2,1-5H3. The van der Waals surface area contributed by atoms with Crippen molar-refractivity contribution in [2.75, 3.05) is 0 Å². The van der Waals surface area contributed by atoms with Crippen LogP contribution in [0.2, 0.25) is 18.1 Å². The van der Waals surface area contributed by atoms with Crippen LogP contribution in [0.25, 0.3) is 5.65 Å². The van der Waals surface area contributed by atoms with E-state index in [2.05, 4.69) is 77.4 Å². The summed E-state index contributed by atoms with van der Waals surface area (Å²) in [5, 5.41) is 0.144. The first-order valence-corrected chi connectivity index (χ1v) is 11.5. The van der Waals surface area contributed by atoms with Crippen molar-refractivity contribution in [3.8, 4) is 0 Å². The van der Waals surface area contributed by atoms with Gasteiger partial charge >= 0.3 is 0 Å². The molecule has 2 aromatic heterocycles. The molecule has 0 saturated carbocycles. The maximum Gasteiger partial charge on any atom is 0.192 e. The van der Waals surface area contributed by atoms with Gasteiger partial charge < -0.3 is 4.43 Å². The molecule has 0 atom stereocenters. The Morgan fingerprint density at radius 2 is 2.05 bits per heavy atom. The van der Waals surface area contributed by atoms with Crippen molar-refractivity contribution < 1.29 is 8.82 Å². The van der Waals surface area contributed by atoms with Crippen LogP contribution in [0.3, 0.4) is 0 Å². The van der Waals surface area contributed by atoms with Crippen molar-refractivity contribution >= 4 is 52.5 Å². The fourth-order valence-electron chi connectivity index (χ4n) is 1.69. The van der Waals surface area contributed by atoms with Crippen LogP contribution in [-0.2, 0) is 11.0 Å². The fourth-order valence-corrected chi connectivity index (χ4v) is 3.76. The molecule has 0 N–H and O–H groups in total. The molecule has 0 aliphatic carbocycles. The van der Waals surface area contributed by atoms with Crippen LogP contribution in [0.15, 0.2) is 16.7 Å². The van der Waals surface area contributed by atoms with Gasteiger partial charge in [-0.15, -0.1) is 0 Å². The van der Waals surface area contributed by atoms with Crippen molar-refractivity contribution in [3.05, 3.63) is 31.9 Å². The Labute approximate surface area is 147 Å². The highest BCUT2D eigenvalue weighted by atomic mass is 127. The Hall–Kier alpha value is 0.00688. The maximum absolute atomic E-state index is 13.6. The molecule has 3 nitrogen and oxygen atoms in total. The SMILES string of the molecule is CC(C)(C)[Si](C)(C)OCc1c(I)nc2c(Br)cc(F)cn12. The van der Waals surface area contributed by atoms with Crippen LogP contribution in [0.1, 0.15) is 26.5 Å². The maximum atomic E-state index is 13.6. The number of hydrogen-bond donors (Lipinski definition) is 0. The summed E-state index contributed by atoms with van der Waals surface area (Å²) in [6.07, 6.45) is 1.46. The van der Waals surface area contributed by atoms with Gasteiger partial charge in [0.2, 0.25) is 0 Å². The van der Waals surface area contributed by atoms with Gasteiger partial charge in [-0.3, -0.25) is 4.40 Å². The number of halogens is 3. The van der Waals surface area contributed by atoms with Gasteiger partial charge in [0.05, 0.1) is 16.8 Å². The highest BCUT2D eigenvalue weighted by Crippen LogP contribution is 2.37. The van der Waals surface area contributed by atoms with Crippen LogP contribution in [-0.4, -0.2) is 17.7 Å². The lowest BCUT2D eigenvalue weighted by atomic mass is 10.2. The third-order valence-corrected chi connectivity index (χ3v) is 9.99. The highest BCUT2D eigenvalue weighted by molar-refractivity contribution is 14.1. The summed E-state index contributed by atoms with van der Waals surface area (Å²) < 4.78 is 23.1. The lowest BCUT2D eigenvalue weighted by Gasteiger charge is -2.36. The van der Waals surface area contributed by atoms with Crippen LogP contribution in [0.4, 0.5) is 4.39 Å². The molecule has 0 radical (unpaired) electrons. The third kappa shape index (κ3) is 3.51. The van der Waals surface area contributed by atoms with Gasteiger partial charge in [0.1, 0.15) is 9.52 Å². The van der Waals surface area contributed by atoms with E-state index in [-0.39, 0.29) is 10.9 Å². The molecule has 0 amide bonds. The van der Waals surface area contributed by atoms with E-state index in [9.17, 15) is 4.39 Å². The van der Waals surface area contributed by atoms with Gasteiger partial charge in [0, 0.05) is 6.20 Å². The van der Waals surface area contributed by atoms with Gasteiger partial charge in [-0.2, -0.15) is 0 Å². The zero-order valence-electron chi connectivity index (χ0n) is 12.8. The van der Waals surface area contributed by atoms with Crippen molar-refractivity contribution in [2.24, 2.45) is 0 Å². The smallest absolute Gasteiger partial charge is 0.192 e. The van der Waals surface area contributed by atoms with Crippen LogP contribution in [0.5, 0.6) is 0 Å². The van der Waals surface area contributed by atoms with E-state index in [1.54, 1.807) is 4.40 Å². The molecular formula is C14H19BrFIN2OSi. The molecule has 0 aliphatic rings. The Kier molecular flexibility index (Phi) is 4.88. The first-order valence-electron chi connectivity index (χ1n) is 6.68. The van der Waals surface area contributed by atoms with Gasteiger partial charge in [-0.05, 0) is 62.7 Å². The highest BCUT2D eigenvalue weighted by Gasteiger charge is 2.37. The minimum atomic E-state index is -1.85. The Morgan fingerprint density at radius 1 is 1.43 bits per heavy atom. The van der Waals surface area contributed by atoms with E-state index in [0.717, 1.165) is 15.0 Å². The summed E-state index contributed by atoms with van der Waals surface area (Å²) in [4.78, 5) is 4.49. The molecule has 0 spiro atoms. The number of imidazole rings is 1. The average molecular weight is 485 g/mol. The minimum absolute atomic E-state index is 0.144. The lowest BCUT2D eigenvalue weighted by Crippen LogP contribution is -2.40. The van der Waals surface area contributed by atoms with Crippen LogP contribution >= 0.6 is 38.5 Å². The number of nitrogens with zero attached hydrogens (tertiary/aromatic N) is 2. The van der Waals surface area contributed by atoms with Crippen molar-refractivity contribution in [2.45, 2.75) is 45.5 Å². The summed E-state index contributed by atoms with van der Waals surface area (Å²) in [6.45, 7) is 11.5. The van der Waals surface area contributed by atoms with Crippen LogP contribution < -0.4 is 0 Å². The Morgan fingerprint density at radius 3 is 2.62 bits per heavy atom. The number of rotatable bonds is 3. The second kappa shape index (κ2) is 5.90. The zero-order valence-corrected chi connectivity index (χ0v) is 17.5. The molecule has 2 aromatic rings. The van der Waals surface area contributed by atoms with E-state index in [1.165, 1.54) is 12.3 Å². The monoisotopic (exact) mass is 484 g/mol. The number of pyridine rings is 1. The van der Waals surface area contributed by atoms with Gasteiger partial charge in [-0.1, -0.05) is 20.8 Å². The molecule has 7 heteroatoms. The second-order valence-corrected chi connectivity index (χ2v) is 13.3. The minimum Gasteiger partial charge on any atom is -0.411 e. The molecule has 0 fully saturated rings. The molecule has 0 bridgehead atoms. The summed E-state index contributed by atoms with van der Waals surface area (Å²) in [5.41, 5.74) is 1.62. The van der Waals surface area contributed by atoms with E-state index in [0.29, 0.717) is 11.1 Å². The molecule has 116 valence electrons. The Balaban J connectivity index is 2.38.